The van der Waals surface area contributed by atoms with Gasteiger partial charge in [-0.3, -0.25) is 4.57 Å². The number of nitrogens with zero attached hydrogens (tertiary/aromatic N) is 5. The zero-order chi connectivity index (χ0) is 30.5. The number of hydrogen-bond acceptors (Lipinski definition) is 5. The summed E-state index contributed by atoms with van der Waals surface area (Å²) in [7, 11) is 0. The summed E-state index contributed by atoms with van der Waals surface area (Å²) in [6.45, 7) is 0. The molecule has 3 heterocycles. The summed E-state index contributed by atoms with van der Waals surface area (Å²) < 4.78 is 8.70. The number of hydrogen-bond donors (Lipinski definition) is 0. The normalized spacial score (nSPS) is 11.5. The summed E-state index contributed by atoms with van der Waals surface area (Å²) in [4.78, 5) is 20.0. The first-order valence-electron chi connectivity index (χ1n) is 15.2. The average molecular weight is 592 g/mol. The smallest absolute Gasteiger partial charge is 0.238 e. The van der Waals surface area contributed by atoms with Crippen molar-refractivity contribution in [2.24, 2.45) is 0 Å². The van der Waals surface area contributed by atoms with E-state index in [1.54, 1.807) is 0 Å². The monoisotopic (exact) mass is 591 g/mol. The molecule has 0 saturated carbocycles. The molecular formula is C40H25N5O. The second-order valence-electron chi connectivity index (χ2n) is 11.1. The van der Waals surface area contributed by atoms with Crippen molar-refractivity contribution >= 4 is 32.9 Å². The van der Waals surface area contributed by atoms with Crippen LogP contribution in [0.25, 0.3) is 84.2 Å². The predicted molar refractivity (Wildman–Crippen MR) is 183 cm³/mol. The Morgan fingerprint density at radius 2 is 1.00 bits per heavy atom. The molecule has 0 atom stereocenters. The zero-order valence-corrected chi connectivity index (χ0v) is 24.6. The molecule has 6 nitrogen and oxygen atoms in total. The molecule has 0 aliphatic heterocycles. The highest BCUT2D eigenvalue weighted by atomic mass is 16.3. The number of fused-ring (bicyclic) bond motifs is 5. The fourth-order valence-electron chi connectivity index (χ4n) is 6.10. The third-order valence-electron chi connectivity index (χ3n) is 8.30. The Kier molecular flexibility index (Phi) is 6.03. The van der Waals surface area contributed by atoms with Crippen molar-refractivity contribution in [1.82, 2.24) is 24.5 Å². The van der Waals surface area contributed by atoms with E-state index < -0.39 is 0 Å². The Morgan fingerprint density at radius 3 is 1.61 bits per heavy atom. The molecule has 0 N–H and O–H groups in total. The highest BCUT2D eigenvalue weighted by molar-refractivity contribution is 6.17. The highest BCUT2D eigenvalue weighted by Gasteiger charge is 2.22. The minimum Gasteiger partial charge on any atom is -0.434 e. The van der Waals surface area contributed by atoms with Crippen LogP contribution in [0.2, 0.25) is 0 Å². The van der Waals surface area contributed by atoms with Crippen LogP contribution < -0.4 is 0 Å². The molecule has 9 rings (SSSR count). The molecule has 0 bridgehead atoms. The van der Waals surface area contributed by atoms with Gasteiger partial charge in [-0.25, -0.2) is 9.97 Å². The minimum atomic E-state index is 0.505. The van der Waals surface area contributed by atoms with Crippen LogP contribution >= 0.6 is 0 Å². The van der Waals surface area contributed by atoms with Gasteiger partial charge in [0.25, 0.3) is 0 Å². The molecular weight excluding hydrogens is 566 g/mol. The van der Waals surface area contributed by atoms with Crippen molar-refractivity contribution in [1.29, 1.82) is 0 Å². The van der Waals surface area contributed by atoms with Crippen LogP contribution in [-0.4, -0.2) is 24.5 Å². The maximum absolute atomic E-state index is 6.60. The topological polar surface area (TPSA) is 69.6 Å². The summed E-state index contributed by atoms with van der Waals surface area (Å²) >= 11 is 0. The van der Waals surface area contributed by atoms with Crippen LogP contribution in [0.4, 0.5) is 0 Å². The van der Waals surface area contributed by atoms with Crippen LogP contribution in [0.1, 0.15) is 0 Å². The second kappa shape index (κ2) is 10.6. The van der Waals surface area contributed by atoms with E-state index in [9.17, 15) is 0 Å². The first kappa shape index (κ1) is 26.0. The number of oxazole rings is 1. The van der Waals surface area contributed by atoms with Crippen molar-refractivity contribution in [3.63, 3.8) is 0 Å². The highest BCUT2D eigenvalue weighted by Crippen LogP contribution is 2.39. The lowest BCUT2D eigenvalue weighted by Gasteiger charge is -2.11. The first-order valence-corrected chi connectivity index (χ1v) is 15.2. The lowest BCUT2D eigenvalue weighted by molar-refractivity contribution is 0.621. The average Bonchev–Trinajstić information content (AvgIpc) is 3.72. The summed E-state index contributed by atoms with van der Waals surface area (Å²) in [6.07, 6.45) is 0. The van der Waals surface area contributed by atoms with Crippen LogP contribution in [-0.2, 0) is 0 Å². The first-order chi connectivity index (χ1) is 22.8. The molecule has 0 fully saturated rings. The minimum absolute atomic E-state index is 0.505. The molecule has 6 heteroatoms. The summed E-state index contributed by atoms with van der Waals surface area (Å²) in [6, 6.07) is 51.1. The number of rotatable bonds is 5. The Labute approximate surface area is 264 Å². The molecule has 3 aromatic heterocycles. The Bertz CT molecular complexity index is 2410. The summed E-state index contributed by atoms with van der Waals surface area (Å²) in [5.74, 6) is 2.26. The van der Waals surface area contributed by atoms with E-state index >= 15 is 0 Å². The molecule has 0 amide bonds. The molecule has 0 saturated heterocycles. The Hall–Kier alpha value is -6.40. The molecule has 6 aromatic carbocycles. The maximum atomic E-state index is 6.60. The van der Waals surface area contributed by atoms with Gasteiger partial charge in [0.05, 0.1) is 5.52 Å². The third kappa shape index (κ3) is 4.35. The summed E-state index contributed by atoms with van der Waals surface area (Å²) in [5, 5.41) is 2.10. The van der Waals surface area contributed by atoms with Crippen LogP contribution in [0, 0.1) is 0 Å². The Morgan fingerprint density at radius 1 is 0.435 bits per heavy atom. The molecule has 0 spiro atoms. The van der Waals surface area contributed by atoms with E-state index in [0.717, 1.165) is 55.1 Å². The molecule has 0 unspecified atom stereocenters. The molecule has 0 aliphatic rings. The number of aromatic nitrogens is 5. The van der Waals surface area contributed by atoms with Gasteiger partial charge in [0, 0.05) is 27.5 Å². The lowest BCUT2D eigenvalue weighted by atomic mass is 10.0. The molecule has 46 heavy (non-hydrogen) atoms. The van der Waals surface area contributed by atoms with Crippen molar-refractivity contribution in [3.05, 3.63) is 152 Å². The van der Waals surface area contributed by atoms with Crippen LogP contribution in [0.15, 0.2) is 156 Å². The van der Waals surface area contributed by atoms with Gasteiger partial charge in [0.2, 0.25) is 11.8 Å². The lowest BCUT2D eigenvalue weighted by Crippen LogP contribution is -2.06. The van der Waals surface area contributed by atoms with E-state index in [4.69, 9.17) is 24.4 Å². The van der Waals surface area contributed by atoms with Gasteiger partial charge in [-0.05, 0) is 47.5 Å². The maximum Gasteiger partial charge on any atom is 0.238 e. The molecule has 9 aromatic rings. The van der Waals surface area contributed by atoms with E-state index in [0.29, 0.717) is 29.1 Å². The third-order valence-corrected chi connectivity index (χ3v) is 8.30. The Balaban J connectivity index is 1.38. The summed E-state index contributed by atoms with van der Waals surface area (Å²) in [5.41, 5.74) is 8.27. The van der Waals surface area contributed by atoms with Gasteiger partial charge in [0.15, 0.2) is 17.2 Å². The van der Waals surface area contributed by atoms with Gasteiger partial charge < -0.3 is 4.42 Å². The SMILES string of the molecule is c1ccc(-c2ccc3c(c2)c2ccc4nc(-c5ccccc5)oc4c2n3-c2nc(-c3ccccc3)nc(-c3ccccc3)n2)cc1. The largest absolute Gasteiger partial charge is 0.434 e. The van der Waals surface area contributed by atoms with Gasteiger partial charge >= 0.3 is 0 Å². The zero-order valence-electron chi connectivity index (χ0n) is 24.6. The quantitative estimate of drug-likeness (QED) is 0.199. The van der Waals surface area contributed by atoms with Crippen molar-refractivity contribution in [2.45, 2.75) is 0 Å². The fourth-order valence-corrected chi connectivity index (χ4v) is 6.10. The second-order valence-corrected chi connectivity index (χ2v) is 11.1. The van der Waals surface area contributed by atoms with Gasteiger partial charge in [0.1, 0.15) is 11.0 Å². The van der Waals surface area contributed by atoms with Gasteiger partial charge in [-0.1, -0.05) is 115 Å². The van der Waals surface area contributed by atoms with E-state index in [1.807, 2.05) is 103 Å². The van der Waals surface area contributed by atoms with E-state index in [2.05, 4.69) is 53.1 Å². The predicted octanol–water partition coefficient (Wildman–Crippen LogP) is 9.78. The van der Waals surface area contributed by atoms with Gasteiger partial charge in [-0.2, -0.15) is 9.97 Å². The van der Waals surface area contributed by atoms with E-state index in [1.165, 1.54) is 0 Å². The van der Waals surface area contributed by atoms with Crippen molar-refractivity contribution in [3.8, 4) is 51.3 Å². The van der Waals surface area contributed by atoms with Crippen molar-refractivity contribution in [2.75, 3.05) is 0 Å². The van der Waals surface area contributed by atoms with Crippen molar-refractivity contribution < 1.29 is 4.42 Å². The molecule has 0 radical (unpaired) electrons. The fraction of sp³-hybridized carbons (Fsp3) is 0. The van der Waals surface area contributed by atoms with E-state index in [-0.39, 0.29) is 0 Å². The van der Waals surface area contributed by atoms with Crippen LogP contribution in [0.3, 0.4) is 0 Å². The van der Waals surface area contributed by atoms with Gasteiger partial charge in [-0.15, -0.1) is 0 Å². The molecule has 216 valence electrons. The van der Waals surface area contributed by atoms with Crippen LogP contribution in [0.5, 0.6) is 0 Å². The molecule has 0 aliphatic carbocycles. The standard InChI is InChI=1S/C40H25N5O/c1-5-13-26(14-6-1)30-21-24-34-32(25-30)31-22-23-33-36(46-39(41-33)29-19-11-4-12-20-29)35(31)45(34)40-43-37(27-15-7-2-8-16-27)42-38(44-40)28-17-9-3-10-18-28/h1-25H. The number of benzene rings is 6.